The van der Waals surface area contributed by atoms with Crippen LogP contribution in [0.4, 0.5) is 0 Å². The van der Waals surface area contributed by atoms with Crippen LogP contribution in [0.5, 0.6) is 0 Å². The summed E-state index contributed by atoms with van der Waals surface area (Å²) in [6, 6.07) is 8.63. The molecule has 0 nitrogen and oxygen atoms in total. The Balaban J connectivity index is 2.57. The highest BCUT2D eigenvalue weighted by Gasteiger charge is 2.09. The fourth-order valence-electron chi connectivity index (χ4n) is 1.46. The maximum Gasteiger partial charge on any atom is 0.0178 e. The van der Waals surface area contributed by atoms with Crippen molar-refractivity contribution in [2.45, 2.75) is 19.3 Å². The van der Waals surface area contributed by atoms with Gasteiger partial charge in [0, 0.05) is 9.80 Å². The third-order valence-corrected chi connectivity index (χ3v) is 4.53. The molecule has 0 aromatic heterocycles. The first-order valence-corrected chi connectivity index (χ1v) is 8.24. The van der Waals surface area contributed by atoms with Crippen molar-refractivity contribution in [3.05, 3.63) is 34.3 Å². The van der Waals surface area contributed by atoms with E-state index >= 15 is 0 Å². The molecule has 0 spiro atoms. The molecule has 1 atom stereocenters. The van der Waals surface area contributed by atoms with E-state index < -0.39 is 0 Å². The Morgan fingerprint density at radius 3 is 2.80 bits per heavy atom. The van der Waals surface area contributed by atoms with Crippen molar-refractivity contribution in [1.29, 1.82) is 0 Å². The van der Waals surface area contributed by atoms with E-state index in [2.05, 4.69) is 63.0 Å². The quantitative estimate of drug-likeness (QED) is 0.509. The first-order valence-electron chi connectivity index (χ1n) is 5.17. The van der Waals surface area contributed by atoms with Gasteiger partial charge < -0.3 is 0 Å². The van der Waals surface area contributed by atoms with Gasteiger partial charge in [-0.05, 0) is 41.5 Å². The second-order valence-corrected chi connectivity index (χ2v) is 6.35. The van der Waals surface area contributed by atoms with E-state index in [1.54, 1.807) is 0 Å². The fraction of sp³-hybridized carbons (Fsp3) is 0.500. The third kappa shape index (κ3) is 4.92. The molecule has 0 aliphatic rings. The summed E-state index contributed by atoms with van der Waals surface area (Å²) < 4.78 is 1.18. The Kier molecular flexibility index (Phi) is 7.02. The van der Waals surface area contributed by atoms with E-state index in [4.69, 9.17) is 0 Å². The molecule has 1 aromatic rings. The molecular weight excluding hydrogens is 336 g/mol. The van der Waals surface area contributed by atoms with Crippen molar-refractivity contribution < 1.29 is 0 Å². The van der Waals surface area contributed by atoms with E-state index in [-0.39, 0.29) is 0 Å². The fourth-order valence-corrected chi connectivity index (χ4v) is 3.32. The number of hydrogen-bond donors (Lipinski definition) is 0. The van der Waals surface area contributed by atoms with Crippen LogP contribution in [0.15, 0.2) is 28.7 Å². The number of thioether (sulfide) groups is 1. The molecule has 0 saturated heterocycles. The lowest BCUT2D eigenvalue weighted by molar-refractivity contribution is 0.756. The summed E-state index contributed by atoms with van der Waals surface area (Å²) in [7, 11) is 0. The molecule has 1 aromatic carbocycles. The highest BCUT2D eigenvalue weighted by molar-refractivity contribution is 9.10. The minimum atomic E-state index is 0.640. The zero-order valence-electron chi connectivity index (χ0n) is 8.88. The van der Waals surface area contributed by atoms with Crippen LogP contribution in [-0.2, 0) is 0 Å². The van der Waals surface area contributed by atoms with Gasteiger partial charge in [0.15, 0.2) is 0 Å². The van der Waals surface area contributed by atoms with Gasteiger partial charge in [0.2, 0.25) is 0 Å². The van der Waals surface area contributed by atoms with E-state index in [9.17, 15) is 0 Å². The molecular formula is C12H16Br2S. The van der Waals surface area contributed by atoms with E-state index in [0.717, 1.165) is 5.33 Å². The predicted molar refractivity (Wildman–Crippen MR) is 78.3 cm³/mol. The van der Waals surface area contributed by atoms with Crippen molar-refractivity contribution in [2.75, 3.05) is 16.8 Å². The lowest BCUT2D eigenvalue weighted by Gasteiger charge is -2.14. The molecule has 0 amide bonds. The van der Waals surface area contributed by atoms with Crippen LogP contribution < -0.4 is 0 Å². The van der Waals surface area contributed by atoms with Crippen molar-refractivity contribution in [3.8, 4) is 0 Å². The molecule has 1 rings (SSSR count). The van der Waals surface area contributed by atoms with Gasteiger partial charge in [-0.3, -0.25) is 0 Å². The zero-order valence-corrected chi connectivity index (χ0v) is 12.9. The first-order chi connectivity index (χ1) is 7.27. The largest absolute Gasteiger partial charge is 0.162 e. The Labute approximate surface area is 113 Å². The summed E-state index contributed by atoms with van der Waals surface area (Å²) in [6.45, 7) is 2.22. The van der Waals surface area contributed by atoms with Crippen molar-refractivity contribution in [2.24, 2.45) is 0 Å². The Hall–Kier alpha value is 0.530. The number of halogens is 2. The zero-order chi connectivity index (χ0) is 11.1. The van der Waals surface area contributed by atoms with Gasteiger partial charge in [-0.25, -0.2) is 0 Å². The maximum absolute atomic E-state index is 3.60. The number of rotatable bonds is 6. The number of benzene rings is 1. The molecule has 0 saturated carbocycles. The molecule has 15 heavy (non-hydrogen) atoms. The van der Waals surface area contributed by atoms with Gasteiger partial charge >= 0.3 is 0 Å². The average molecular weight is 352 g/mol. The van der Waals surface area contributed by atoms with Crippen LogP contribution in [-0.4, -0.2) is 16.8 Å². The van der Waals surface area contributed by atoms with E-state index in [1.165, 1.54) is 28.0 Å². The minimum Gasteiger partial charge on any atom is -0.162 e. The molecule has 0 aliphatic carbocycles. The molecule has 0 fully saturated rings. The summed E-state index contributed by atoms with van der Waals surface area (Å²) in [6.07, 6.45) is 1.25. The minimum absolute atomic E-state index is 0.640. The lowest BCUT2D eigenvalue weighted by atomic mass is 9.99. The van der Waals surface area contributed by atoms with Crippen LogP contribution in [0, 0.1) is 0 Å². The lowest BCUT2D eigenvalue weighted by Crippen LogP contribution is -2.02. The van der Waals surface area contributed by atoms with Crippen LogP contribution in [0.3, 0.4) is 0 Å². The summed E-state index contributed by atoms with van der Waals surface area (Å²) >= 11 is 9.14. The topological polar surface area (TPSA) is 0 Å². The summed E-state index contributed by atoms with van der Waals surface area (Å²) in [4.78, 5) is 0. The molecule has 1 unspecified atom stereocenters. The van der Waals surface area contributed by atoms with Crippen LogP contribution >= 0.6 is 43.6 Å². The normalized spacial score (nSPS) is 12.7. The van der Waals surface area contributed by atoms with E-state index in [1.807, 2.05) is 11.8 Å². The van der Waals surface area contributed by atoms with E-state index in [0.29, 0.717) is 5.92 Å². The third-order valence-electron chi connectivity index (χ3n) is 2.32. The maximum atomic E-state index is 3.60. The first kappa shape index (κ1) is 13.6. The van der Waals surface area contributed by atoms with Gasteiger partial charge in [-0.15, -0.1) is 0 Å². The SMILES string of the molecule is CCSCCC(CBr)c1cccc(Br)c1. The molecule has 3 heteroatoms. The van der Waals surface area contributed by atoms with Gasteiger partial charge in [0.05, 0.1) is 0 Å². The van der Waals surface area contributed by atoms with Gasteiger partial charge in [-0.1, -0.05) is 50.9 Å². The average Bonchev–Trinajstić information content (AvgIpc) is 2.24. The Morgan fingerprint density at radius 2 is 2.20 bits per heavy atom. The molecule has 0 radical (unpaired) electrons. The van der Waals surface area contributed by atoms with Crippen LogP contribution in [0.25, 0.3) is 0 Å². The van der Waals surface area contributed by atoms with Gasteiger partial charge in [0.1, 0.15) is 0 Å². The smallest absolute Gasteiger partial charge is 0.0178 e. The second kappa shape index (κ2) is 7.75. The van der Waals surface area contributed by atoms with Crippen LogP contribution in [0.2, 0.25) is 0 Å². The molecule has 0 N–H and O–H groups in total. The molecule has 0 bridgehead atoms. The van der Waals surface area contributed by atoms with Crippen molar-refractivity contribution in [1.82, 2.24) is 0 Å². The monoisotopic (exact) mass is 350 g/mol. The predicted octanol–water partition coefficient (Wildman–Crippen LogP) is 5.07. The van der Waals surface area contributed by atoms with Gasteiger partial charge in [0.25, 0.3) is 0 Å². The summed E-state index contributed by atoms with van der Waals surface area (Å²) in [5, 5.41) is 1.05. The highest BCUT2D eigenvalue weighted by atomic mass is 79.9. The van der Waals surface area contributed by atoms with Crippen LogP contribution in [0.1, 0.15) is 24.8 Å². The Morgan fingerprint density at radius 1 is 1.40 bits per heavy atom. The van der Waals surface area contributed by atoms with Gasteiger partial charge in [-0.2, -0.15) is 11.8 Å². The standard InChI is InChI=1S/C12H16Br2S/c1-2-15-7-6-11(9-13)10-4-3-5-12(14)8-10/h3-5,8,11H,2,6-7,9H2,1H3. The second-order valence-electron chi connectivity index (χ2n) is 3.39. The van der Waals surface area contributed by atoms with Crippen molar-refractivity contribution in [3.63, 3.8) is 0 Å². The highest BCUT2D eigenvalue weighted by Crippen LogP contribution is 2.26. The summed E-state index contributed by atoms with van der Waals surface area (Å²) in [5.41, 5.74) is 1.43. The molecule has 0 aliphatic heterocycles. The summed E-state index contributed by atoms with van der Waals surface area (Å²) in [5.74, 6) is 3.11. The Bertz CT molecular complexity index is 289. The van der Waals surface area contributed by atoms with Crippen molar-refractivity contribution >= 4 is 43.6 Å². The number of hydrogen-bond acceptors (Lipinski definition) is 1. The number of alkyl halides is 1. The molecule has 0 heterocycles. The molecule has 84 valence electrons.